The first-order chi connectivity index (χ1) is 11.7. The number of anilines is 1. The lowest BCUT2D eigenvalue weighted by molar-refractivity contribution is 0.340. The molecule has 0 bridgehead atoms. The van der Waals surface area contributed by atoms with Gasteiger partial charge in [0.05, 0.1) is 11.6 Å². The SMILES string of the molecule is CCOc1ccc(CSCCNC(=S)Nc2ccccc2)cc1Cl. The molecule has 0 aliphatic carbocycles. The summed E-state index contributed by atoms with van der Waals surface area (Å²) in [6, 6.07) is 15.8. The van der Waals surface area contributed by atoms with E-state index in [0.717, 1.165) is 29.5 Å². The Balaban J connectivity index is 1.64. The number of benzene rings is 2. The first kappa shape index (κ1) is 18.9. The highest BCUT2D eigenvalue weighted by atomic mass is 35.5. The van der Waals surface area contributed by atoms with E-state index in [9.17, 15) is 0 Å². The Hall–Kier alpha value is -1.43. The third-order valence-corrected chi connectivity index (χ3v) is 4.70. The molecule has 2 rings (SSSR count). The maximum Gasteiger partial charge on any atom is 0.170 e. The second kappa shape index (κ2) is 10.4. The molecule has 24 heavy (non-hydrogen) atoms. The van der Waals surface area contributed by atoms with Crippen molar-refractivity contribution >= 4 is 46.4 Å². The van der Waals surface area contributed by atoms with Crippen LogP contribution in [0.3, 0.4) is 0 Å². The summed E-state index contributed by atoms with van der Waals surface area (Å²) < 4.78 is 5.44. The van der Waals surface area contributed by atoms with Crippen molar-refractivity contribution in [3.8, 4) is 5.75 Å². The number of ether oxygens (including phenoxy) is 1. The molecule has 0 fully saturated rings. The van der Waals surface area contributed by atoms with Crippen molar-refractivity contribution in [2.75, 3.05) is 24.2 Å². The van der Waals surface area contributed by atoms with E-state index in [1.807, 2.05) is 61.2 Å². The first-order valence-electron chi connectivity index (χ1n) is 7.78. The van der Waals surface area contributed by atoms with Crippen LogP contribution in [0.2, 0.25) is 5.02 Å². The average molecular weight is 381 g/mol. The molecule has 0 amide bonds. The van der Waals surface area contributed by atoms with Gasteiger partial charge >= 0.3 is 0 Å². The Morgan fingerprint density at radius 1 is 1.21 bits per heavy atom. The van der Waals surface area contributed by atoms with E-state index in [4.69, 9.17) is 28.6 Å². The lowest BCUT2D eigenvalue weighted by atomic mass is 10.2. The summed E-state index contributed by atoms with van der Waals surface area (Å²) in [6.45, 7) is 3.38. The Morgan fingerprint density at radius 2 is 2.00 bits per heavy atom. The molecule has 0 radical (unpaired) electrons. The number of nitrogens with one attached hydrogen (secondary N) is 2. The van der Waals surface area contributed by atoms with Crippen LogP contribution in [0, 0.1) is 0 Å². The van der Waals surface area contributed by atoms with Gasteiger partial charge in [0.25, 0.3) is 0 Å². The van der Waals surface area contributed by atoms with Gasteiger partial charge in [0.1, 0.15) is 5.75 Å². The van der Waals surface area contributed by atoms with Crippen LogP contribution >= 0.6 is 35.6 Å². The van der Waals surface area contributed by atoms with Crippen molar-refractivity contribution in [3.63, 3.8) is 0 Å². The standard InChI is InChI=1S/C18H21ClN2OS2/c1-2-22-17-9-8-14(12-16(17)19)13-24-11-10-20-18(23)21-15-6-4-3-5-7-15/h3-9,12H,2,10-11,13H2,1H3,(H2,20,21,23). The summed E-state index contributed by atoms with van der Waals surface area (Å²) in [5.74, 6) is 2.61. The Bertz CT molecular complexity index is 653. The van der Waals surface area contributed by atoms with Crippen molar-refractivity contribution in [3.05, 3.63) is 59.1 Å². The van der Waals surface area contributed by atoms with Gasteiger partial charge < -0.3 is 15.4 Å². The monoisotopic (exact) mass is 380 g/mol. The lowest BCUT2D eigenvalue weighted by Gasteiger charge is -2.10. The molecule has 0 aromatic heterocycles. The molecule has 0 saturated heterocycles. The van der Waals surface area contributed by atoms with Gasteiger partial charge in [-0.3, -0.25) is 0 Å². The van der Waals surface area contributed by atoms with Crippen molar-refractivity contribution in [1.29, 1.82) is 0 Å². The van der Waals surface area contributed by atoms with E-state index in [1.54, 1.807) is 0 Å². The molecule has 0 unspecified atom stereocenters. The zero-order valence-electron chi connectivity index (χ0n) is 13.5. The van der Waals surface area contributed by atoms with Crippen LogP contribution in [0.4, 0.5) is 5.69 Å². The molecule has 2 N–H and O–H groups in total. The van der Waals surface area contributed by atoms with Crippen LogP contribution in [0.25, 0.3) is 0 Å². The summed E-state index contributed by atoms with van der Waals surface area (Å²) in [5, 5.41) is 7.68. The topological polar surface area (TPSA) is 33.3 Å². The largest absolute Gasteiger partial charge is 0.492 e. The van der Waals surface area contributed by atoms with Crippen molar-refractivity contribution in [2.24, 2.45) is 0 Å². The van der Waals surface area contributed by atoms with Crippen molar-refractivity contribution in [2.45, 2.75) is 12.7 Å². The summed E-state index contributed by atoms with van der Waals surface area (Å²) in [5.41, 5.74) is 2.19. The number of hydrogen-bond donors (Lipinski definition) is 2. The zero-order chi connectivity index (χ0) is 17.2. The average Bonchev–Trinajstić information content (AvgIpc) is 2.58. The number of thioether (sulfide) groups is 1. The summed E-state index contributed by atoms with van der Waals surface area (Å²) >= 11 is 13.3. The molecular formula is C18H21ClN2OS2. The van der Waals surface area contributed by atoms with Crippen LogP contribution in [0.15, 0.2) is 48.5 Å². The maximum absolute atomic E-state index is 6.19. The van der Waals surface area contributed by atoms with E-state index in [-0.39, 0.29) is 0 Å². The van der Waals surface area contributed by atoms with E-state index >= 15 is 0 Å². The van der Waals surface area contributed by atoms with Crippen LogP contribution in [0.5, 0.6) is 5.75 Å². The fourth-order valence-corrected chi connectivity index (χ4v) is 3.31. The number of para-hydroxylation sites is 1. The van der Waals surface area contributed by atoms with Gasteiger partial charge in [0.15, 0.2) is 5.11 Å². The molecule has 0 spiro atoms. The quantitative estimate of drug-likeness (QED) is 0.499. The molecule has 0 atom stereocenters. The van der Waals surface area contributed by atoms with Crippen LogP contribution in [0.1, 0.15) is 12.5 Å². The van der Waals surface area contributed by atoms with Crippen molar-refractivity contribution in [1.82, 2.24) is 5.32 Å². The van der Waals surface area contributed by atoms with E-state index in [1.165, 1.54) is 5.56 Å². The minimum atomic E-state index is 0.621. The summed E-state index contributed by atoms with van der Waals surface area (Å²) in [6.07, 6.45) is 0. The maximum atomic E-state index is 6.19. The fourth-order valence-electron chi connectivity index (χ4n) is 2.03. The predicted octanol–water partition coefficient (Wildman–Crippen LogP) is 4.96. The molecule has 3 nitrogen and oxygen atoms in total. The molecule has 2 aromatic carbocycles. The molecule has 6 heteroatoms. The molecule has 0 aliphatic rings. The van der Waals surface area contributed by atoms with Gasteiger partial charge in [0, 0.05) is 23.7 Å². The van der Waals surface area contributed by atoms with Crippen LogP contribution in [-0.2, 0) is 5.75 Å². The molecular weight excluding hydrogens is 360 g/mol. The second-order valence-corrected chi connectivity index (χ2v) is 6.92. The van der Waals surface area contributed by atoms with Gasteiger partial charge in [-0.05, 0) is 49.0 Å². The minimum absolute atomic E-state index is 0.621. The number of rotatable bonds is 8. The lowest BCUT2D eigenvalue weighted by Crippen LogP contribution is -2.30. The van der Waals surface area contributed by atoms with Gasteiger partial charge in [-0.25, -0.2) is 0 Å². The zero-order valence-corrected chi connectivity index (χ0v) is 15.9. The van der Waals surface area contributed by atoms with Crippen LogP contribution in [-0.4, -0.2) is 24.0 Å². The van der Waals surface area contributed by atoms with Gasteiger partial charge in [-0.1, -0.05) is 35.9 Å². The Labute approximate surface area is 158 Å². The van der Waals surface area contributed by atoms with Gasteiger partial charge in [-0.15, -0.1) is 0 Å². The smallest absolute Gasteiger partial charge is 0.170 e. The van der Waals surface area contributed by atoms with Gasteiger partial charge in [0.2, 0.25) is 0 Å². The Morgan fingerprint density at radius 3 is 2.71 bits per heavy atom. The number of thiocarbonyl (C=S) groups is 1. The van der Waals surface area contributed by atoms with E-state index in [2.05, 4.69) is 16.7 Å². The highest BCUT2D eigenvalue weighted by Gasteiger charge is 2.03. The third-order valence-electron chi connectivity index (χ3n) is 3.13. The van der Waals surface area contributed by atoms with E-state index < -0.39 is 0 Å². The molecule has 128 valence electrons. The molecule has 0 saturated carbocycles. The Kier molecular flexibility index (Phi) is 8.22. The molecule has 0 heterocycles. The fraction of sp³-hybridized carbons (Fsp3) is 0.278. The molecule has 2 aromatic rings. The van der Waals surface area contributed by atoms with E-state index in [0.29, 0.717) is 16.7 Å². The second-order valence-electron chi connectivity index (χ2n) is 5.00. The van der Waals surface area contributed by atoms with Crippen LogP contribution < -0.4 is 15.4 Å². The summed E-state index contributed by atoms with van der Waals surface area (Å²) in [7, 11) is 0. The predicted molar refractivity (Wildman–Crippen MR) is 109 cm³/mol. The normalized spacial score (nSPS) is 10.2. The van der Waals surface area contributed by atoms with Crippen molar-refractivity contribution < 1.29 is 4.74 Å². The first-order valence-corrected chi connectivity index (χ1v) is 9.72. The molecule has 0 aliphatic heterocycles. The summed E-state index contributed by atoms with van der Waals surface area (Å²) in [4.78, 5) is 0. The highest BCUT2D eigenvalue weighted by Crippen LogP contribution is 2.27. The highest BCUT2D eigenvalue weighted by molar-refractivity contribution is 7.98. The van der Waals surface area contributed by atoms with Gasteiger partial charge in [-0.2, -0.15) is 11.8 Å². The third kappa shape index (κ3) is 6.59. The number of halogens is 1. The number of hydrogen-bond acceptors (Lipinski definition) is 3. The minimum Gasteiger partial charge on any atom is -0.492 e.